The average molecular weight is 587 g/mol. The van der Waals surface area contributed by atoms with E-state index in [0.29, 0.717) is 0 Å². The Labute approximate surface area is 264 Å². The van der Waals surface area contributed by atoms with Gasteiger partial charge in [0.05, 0.1) is 0 Å². The molecule has 0 aromatic rings. The molecule has 0 rings (SSSR count). The Morgan fingerprint density at radius 1 is 0.372 bits per heavy atom. The van der Waals surface area contributed by atoms with Crippen LogP contribution in [0.25, 0.3) is 0 Å². The van der Waals surface area contributed by atoms with E-state index in [1.165, 1.54) is 102 Å². The summed E-state index contributed by atoms with van der Waals surface area (Å²) < 4.78 is 4.72. The van der Waals surface area contributed by atoms with Crippen LogP contribution in [0.5, 0.6) is 0 Å². The smallest absolute Gasteiger partial charge is 0.338 e. The first-order valence-corrected chi connectivity index (χ1v) is 16.6. The molecule has 0 aromatic heterocycles. The fourth-order valence-corrected chi connectivity index (χ4v) is 3.99. The number of allylic oxidation sites excluding steroid dienone is 18. The summed E-state index contributed by atoms with van der Waals surface area (Å²) in [6, 6.07) is 0. The van der Waals surface area contributed by atoms with Gasteiger partial charge in [-0.1, -0.05) is 200 Å². The zero-order valence-electron chi connectivity index (χ0n) is 27.1. The molecule has 0 radical (unpaired) electrons. The molecule has 236 valence electrons. The van der Waals surface area contributed by atoms with E-state index in [4.69, 9.17) is 4.74 Å². The third kappa shape index (κ3) is 34.6. The van der Waals surface area contributed by atoms with Crippen LogP contribution >= 0.6 is 0 Å². The average Bonchev–Trinajstić information content (AvgIpc) is 3.00. The highest BCUT2D eigenvalue weighted by atomic mass is 16.6. The number of carbonyl (C=O) groups is 2. The van der Waals surface area contributed by atoms with Crippen molar-refractivity contribution in [1.82, 2.24) is 0 Å². The van der Waals surface area contributed by atoms with Crippen molar-refractivity contribution in [2.45, 2.75) is 117 Å². The maximum absolute atomic E-state index is 11.7. The summed E-state index contributed by atoms with van der Waals surface area (Å²) >= 11 is 0. The minimum atomic E-state index is -0.705. The van der Waals surface area contributed by atoms with Crippen LogP contribution in [0, 0.1) is 0 Å². The first-order chi connectivity index (χ1) is 21.2. The largest absolute Gasteiger partial charge is 0.387 e. The summed E-state index contributed by atoms with van der Waals surface area (Å²) in [4.78, 5) is 23.4. The maximum atomic E-state index is 11.7. The molecule has 0 aromatic carbocycles. The van der Waals surface area contributed by atoms with Gasteiger partial charge in [-0.15, -0.1) is 0 Å². The first kappa shape index (κ1) is 39.5. The van der Waals surface area contributed by atoms with Crippen molar-refractivity contribution in [2.75, 3.05) is 0 Å². The maximum Gasteiger partial charge on any atom is 0.338 e. The van der Waals surface area contributed by atoms with Crippen LogP contribution in [0.4, 0.5) is 0 Å². The molecule has 0 atom stereocenters. The second-order valence-electron chi connectivity index (χ2n) is 10.4. The molecule has 0 amide bonds. The van der Waals surface area contributed by atoms with E-state index in [1.807, 2.05) is 48.6 Å². The number of carbonyl (C=O) groups excluding carboxylic acids is 2. The van der Waals surface area contributed by atoms with E-state index in [2.05, 4.69) is 38.2 Å². The fourth-order valence-electron chi connectivity index (χ4n) is 3.99. The summed E-state index contributed by atoms with van der Waals surface area (Å²) in [5.74, 6) is -1.41. The minimum absolute atomic E-state index is 0.705. The van der Waals surface area contributed by atoms with Crippen molar-refractivity contribution in [3.63, 3.8) is 0 Å². The third-order valence-corrected chi connectivity index (χ3v) is 6.44. The van der Waals surface area contributed by atoms with Gasteiger partial charge in [0.1, 0.15) is 0 Å². The van der Waals surface area contributed by atoms with Crippen LogP contribution in [0.2, 0.25) is 0 Å². The van der Waals surface area contributed by atoms with Gasteiger partial charge in [-0.2, -0.15) is 0 Å². The van der Waals surface area contributed by atoms with Gasteiger partial charge in [-0.05, 0) is 25.7 Å². The molecule has 0 bridgehead atoms. The molecule has 0 unspecified atom stereocenters. The Balaban J connectivity index is 3.91. The summed E-state index contributed by atoms with van der Waals surface area (Å²) in [6.45, 7) is 4.50. The van der Waals surface area contributed by atoms with Crippen molar-refractivity contribution in [1.29, 1.82) is 0 Å². The standard InChI is InChI=1S/C40H58O3/c1-3-5-7-9-11-13-15-17-19-21-23-25-27-29-31-33-35-37-39(41)43-40(42)38-36-34-32-30-28-26-24-22-20-18-16-14-12-10-8-6-4-2/h19-38H,3-18H2,1-2H3. The molecule has 0 aliphatic carbocycles. The molecule has 0 saturated carbocycles. The molecule has 3 heteroatoms. The molecule has 43 heavy (non-hydrogen) atoms. The van der Waals surface area contributed by atoms with Gasteiger partial charge in [0.2, 0.25) is 0 Å². The fraction of sp³-hybridized carbons (Fsp3) is 0.450. The number of unbranched alkanes of at least 4 members (excludes halogenated alkanes) is 14. The Morgan fingerprint density at radius 3 is 1.00 bits per heavy atom. The van der Waals surface area contributed by atoms with Gasteiger partial charge in [-0.25, -0.2) is 9.59 Å². The molecule has 0 spiro atoms. The molecule has 0 saturated heterocycles. The van der Waals surface area contributed by atoms with Gasteiger partial charge in [0, 0.05) is 12.2 Å². The predicted octanol–water partition coefficient (Wildman–Crippen LogP) is 11.9. The minimum Gasteiger partial charge on any atom is -0.387 e. The van der Waals surface area contributed by atoms with Crippen LogP contribution < -0.4 is 0 Å². The number of hydrogen-bond donors (Lipinski definition) is 0. The lowest BCUT2D eigenvalue weighted by atomic mass is 10.1. The number of ether oxygens (including phenoxy) is 1. The van der Waals surface area contributed by atoms with E-state index in [-0.39, 0.29) is 0 Å². The van der Waals surface area contributed by atoms with Crippen LogP contribution in [0.3, 0.4) is 0 Å². The van der Waals surface area contributed by atoms with Gasteiger partial charge < -0.3 is 4.74 Å². The predicted molar refractivity (Wildman–Crippen MR) is 188 cm³/mol. The van der Waals surface area contributed by atoms with Crippen molar-refractivity contribution >= 4 is 11.9 Å². The Hall–Kier alpha value is -3.46. The molecule has 0 N–H and O–H groups in total. The van der Waals surface area contributed by atoms with Crippen molar-refractivity contribution < 1.29 is 14.3 Å². The molecule has 0 fully saturated rings. The zero-order valence-corrected chi connectivity index (χ0v) is 27.1. The highest BCUT2D eigenvalue weighted by Crippen LogP contribution is 2.09. The lowest BCUT2D eigenvalue weighted by Crippen LogP contribution is -2.06. The van der Waals surface area contributed by atoms with Crippen LogP contribution in [-0.2, 0) is 14.3 Å². The van der Waals surface area contributed by atoms with E-state index < -0.39 is 11.9 Å². The first-order valence-electron chi connectivity index (χ1n) is 16.6. The van der Waals surface area contributed by atoms with Crippen molar-refractivity contribution in [3.05, 3.63) is 122 Å². The second-order valence-corrected chi connectivity index (χ2v) is 10.4. The number of esters is 2. The Kier molecular flexibility index (Phi) is 31.9. The van der Waals surface area contributed by atoms with E-state index in [0.717, 1.165) is 12.8 Å². The third-order valence-electron chi connectivity index (χ3n) is 6.44. The van der Waals surface area contributed by atoms with E-state index >= 15 is 0 Å². The Morgan fingerprint density at radius 2 is 0.651 bits per heavy atom. The van der Waals surface area contributed by atoms with Gasteiger partial charge in [-0.3, -0.25) is 0 Å². The van der Waals surface area contributed by atoms with E-state index in [1.54, 1.807) is 36.5 Å². The SMILES string of the molecule is CCCCCCCCCC=CC=CC=CC=CC=CC(=O)OC(=O)C=CC=CC=CC=CC=CCCCCCCCCC. The molecule has 0 aliphatic heterocycles. The molecular formula is C40H58O3. The summed E-state index contributed by atoms with van der Waals surface area (Å²) in [5, 5.41) is 0. The topological polar surface area (TPSA) is 43.4 Å². The lowest BCUT2D eigenvalue weighted by Gasteiger charge is -1.98. The summed E-state index contributed by atoms with van der Waals surface area (Å²) in [7, 11) is 0. The van der Waals surface area contributed by atoms with Crippen LogP contribution in [-0.4, -0.2) is 11.9 Å². The van der Waals surface area contributed by atoms with E-state index in [9.17, 15) is 9.59 Å². The Bertz CT molecular complexity index is 886. The molecular weight excluding hydrogens is 528 g/mol. The van der Waals surface area contributed by atoms with Gasteiger partial charge in [0.25, 0.3) is 0 Å². The lowest BCUT2D eigenvalue weighted by molar-refractivity contribution is -0.152. The summed E-state index contributed by atoms with van der Waals surface area (Å²) in [6.07, 6.45) is 57.6. The highest BCUT2D eigenvalue weighted by Gasteiger charge is 2.01. The highest BCUT2D eigenvalue weighted by molar-refractivity contribution is 5.96. The van der Waals surface area contributed by atoms with Crippen LogP contribution in [0.1, 0.15) is 117 Å². The molecule has 3 nitrogen and oxygen atoms in total. The van der Waals surface area contributed by atoms with Crippen molar-refractivity contribution in [3.8, 4) is 0 Å². The monoisotopic (exact) mass is 586 g/mol. The molecule has 0 aliphatic rings. The van der Waals surface area contributed by atoms with Crippen molar-refractivity contribution in [2.24, 2.45) is 0 Å². The summed E-state index contributed by atoms with van der Waals surface area (Å²) in [5.41, 5.74) is 0. The quantitative estimate of drug-likeness (QED) is 0.0333. The normalized spacial score (nSPS) is 13.2. The zero-order chi connectivity index (χ0) is 31.3. The molecule has 0 heterocycles. The van der Waals surface area contributed by atoms with Crippen LogP contribution in [0.15, 0.2) is 122 Å². The second kappa shape index (κ2) is 34.7. The number of rotatable bonds is 26. The van der Waals surface area contributed by atoms with Gasteiger partial charge >= 0.3 is 11.9 Å². The number of hydrogen-bond acceptors (Lipinski definition) is 3. The van der Waals surface area contributed by atoms with Gasteiger partial charge in [0.15, 0.2) is 0 Å².